The molecule has 3 rings (SSSR count). The van der Waals surface area contributed by atoms with Crippen LogP contribution in [0, 0.1) is 0 Å². The van der Waals surface area contributed by atoms with E-state index in [1.165, 1.54) is 17.3 Å². The van der Waals surface area contributed by atoms with Crippen molar-refractivity contribution in [1.29, 1.82) is 0 Å². The summed E-state index contributed by atoms with van der Waals surface area (Å²) in [6.45, 7) is 0.529. The third-order valence-electron chi connectivity index (χ3n) is 3.65. The normalized spacial score (nSPS) is 17.6. The van der Waals surface area contributed by atoms with Crippen molar-refractivity contribution in [3.05, 3.63) is 47.2 Å². The number of H-pyrrole nitrogens is 1. The van der Waals surface area contributed by atoms with Crippen LogP contribution in [-0.2, 0) is 23.0 Å². The summed E-state index contributed by atoms with van der Waals surface area (Å²) < 4.78 is 27.0. The van der Waals surface area contributed by atoms with Gasteiger partial charge in [0.25, 0.3) is 10.0 Å². The van der Waals surface area contributed by atoms with E-state index >= 15 is 0 Å². The van der Waals surface area contributed by atoms with Gasteiger partial charge in [-0.2, -0.15) is 5.10 Å². The molecule has 1 atom stereocenters. The molecule has 6 nitrogen and oxygen atoms in total. The summed E-state index contributed by atoms with van der Waals surface area (Å²) in [7, 11) is -3.58. The molecule has 0 saturated heterocycles. The van der Waals surface area contributed by atoms with E-state index in [0.29, 0.717) is 12.1 Å². The molecule has 0 spiro atoms. The van der Waals surface area contributed by atoms with Gasteiger partial charge in [-0.3, -0.25) is 5.10 Å². The number of nitrogens with two attached hydrogens (primary N) is 1. The van der Waals surface area contributed by atoms with Crippen LogP contribution in [0.5, 0.6) is 0 Å². The maximum atomic E-state index is 12.2. The van der Waals surface area contributed by atoms with Crippen molar-refractivity contribution in [2.45, 2.75) is 23.9 Å². The zero-order valence-electron chi connectivity index (χ0n) is 10.8. The smallest absolute Gasteiger partial charge is 0.257 e. The lowest BCUT2D eigenvalue weighted by molar-refractivity contribution is 0.548. The molecule has 0 bridgehead atoms. The molecule has 106 valence electrons. The van der Waals surface area contributed by atoms with E-state index in [-0.39, 0.29) is 17.5 Å². The Balaban J connectivity index is 1.70. The molecule has 1 aliphatic carbocycles. The maximum absolute atomic E-state index is 12.2. The van der Waals surface area contributed by atoms with Crippen LogP contribution < -0.4 is 10.5 Å². The third-order valence-corrected chi connectivity index (χ3v) is 5.09. The number of nitrogens with one attached hydrogen (secondary N) is 2. The van der Waals surface area contributed by atoms with E-state index in [1.807, 2.05) is 18.2 Å². The van der Waals surface area contributed by atoms with Crippen LogP contribution in [0.3, 0.4) is 0 Å². The van der Waals surface area contributed by atoms with Gasteiger partial charge in [0.05, 0.1) is 6.20 Å². The number of aromatic nitrogens is 2. The molecular formula is C13H16N4O2S. The summed E-state index contributed by atoms with van der Waals surface area (Å²) in [5, 5.41) is 6.29. The topological polar surface area (TPSA) is 101 Å². The Labute approximate surface area is 117 Å². The Morgan fingerprint density at radius 3 is 2.95 bits per heavy atom. The highest BCUT2D eigenvalue weighted by Crippen LogP contribution is 2.34. The maximum Gasteiger partial charge on any atom is 0.257 e. The van der Waals surface area contributed by atoms with Gasteiger partial charge in [-0.1, -0.05) is 24.3 Å². The quantitative estimate of drug-likeness (QED) is 0.746. The van der Waals surface area contributed by atoms with Crippen molar-refractivity contribution in [3.63, 3.8) is 0 Å². The predicted molar refractivity (Wildman–Crippen MR) is 74.6 cm³/mol. The van der Waals surface area contributed by atoms with Gasteiger partial charge >= 0.3 is 0 Å². The van der Waals surface area contributed by atoms with E-state index in [0.717, 1.165) is 6.42 Å². The fraction of sp³-hybridized carbons (Fsp3) is 0.308. The van der Waals surface area contributed by atoms with Gasteiger partial charge in [-0.05, 0) is 17.5 Å². The minimum atomic E-state index is -3.58. The highest BCUT2D eigenvalue weighted by molar-refractivity contribution is 7.89. The number of hydrogen-bond acceptors (Lipinski definition) is 4. The minimum absolute atomic E-state index is 0.0626. The summed E-state index contributed by atoms with van der Waals surface area (Å²) in [4.78, 5) is 0. The molecule has 1 heterocycles. The second kappa shape index (κ2) is 5.01. The standard InChI is InChI=1S/C13H16N4O2S/c14-6-11-7-15-17-13(11)20(18,19)16-8-10-5-9-3-1-2-4-12(9)10/h1-4,7,10,16H,5-6,8,14H2,(H,15,17). The van der Waals surface area contributed by atoms with Gasteiger partial charge in [0.15, 0.2) is 5.03 Å². The van der Waals surface area contributed by atoms with Crippen LogP contribution in [0.1, 0.15) is 22.6 Å². The van der Waals surface area contributed by atoms with Crippen LogP contribution in [-0.4, -0.2) is 25.2 Å². The summed E-state index contributed by atoms with van der Waals surface area (Å²) in [5.41, 5.74) is 8.50. The number of rotatable bonds is 5. The van der Waals surface area contributed by atoms with E-state index < -0.39 is 10.0 Å². The lowest BCUT2D eigenvalue weighted by Gasteiger charge is -2.30. The summed E-state index contributed by atoms with van der Waals surface area (Å²) in [6, 6.07) is 8.08. The molecule has 1 unspecified atom stereocenters. The Bertz CT molecular complexity index is 723. The first-order valence-electron chi connectivity index (χ1n) is 6.41. The predicted octanol–water partition coefficient (Wildman–Crippen LogP) is 0.487. The second-order valence-electron chi connectivity index (χ2n) is 4.88. The van der Waals surface area contributed by atoms with Crippen molar-refractivity contribution in [2.75, 3.05) is 6.54 Å². The van der Waals surface area contributed by atoms with E-state index in [2.05, 4.69) is 21.0 Å². The number of benzene rings is 1. The molecule has 0 radical (unpaired) electrons. The van der Waals surface area contributed by atoms with Gasteiger partial charge in [0.1, 0.15) is 0 Å². The molecule has 0 saturated carbocycles. The number of aromatic amines is 1. The zero-order valence-corrected chi connectivity index (χ0v) is 11.7. The molecule has 2 aromatic rings. The van der Waals surface area contributed by atoms with E-state index in [9.17, 15) is 8.42 Å². The van der Waals surface area contributed by atoms with Crippen LogP contribution in [0.15, 0.2) is 35.5 Å². The van der Waals surface area contributed by atoms with Crippen molar-refractivity contribution < 1.29 is 8.42 Å². The van der Waals surface area contributed by atoms with Gasteiger partial charge in [0.2, 0.25) is 0 Å². The van der Waals surface area contributed by atoms with Crippen LogP contribution in [0.4, 0.5) is 0 Å². The Hall–Kier alpha value is -1.70. The largest absolute Gasteiger partial charge is 0.326 e. The van der Waals surface area contributed by atoms with Gasteiger partial charge in [-0.15, -0.1) is 0 Å². The fourth-order valence-electron chi connectivity index (χ4n) is 2.50. The number of fused-ring (bicyclic) bond motifs is 1. The zero-order chi connectivity index (χ0) is 14.2. The van der Waals surface area contributed by atoms with Crippen LogP contribution in [0.2, 0.25) is 0 Å². The molecule has 0 aliphatic heterocycles. The molecule has 1 aromatic carbocycles. The molecular weight excluding hydrogens is 276 g/mol. The van der Waals surface area contributed by atoms with Gasteiger partial charge in [0, 0.05) is 24.6 Å². The number of nitrogens with zero attached hydrogens (tertiary/aromatic N) is 1. The van der Waals surface area contributed by atoms with Crippen LogP contribution >= 0.6 is 0 Å². The molecule has 4 N–H and O–H groups in total. The van der Waals surface area contributed by atoms with Crippen molar-refractivity contribution in [1.82, 2.24) is 14.9 Å². The Morgan fingerprint density at radius 1 is 1.40 bits per heavy atom. The van der Waals surface area contributed by atoms with Crippen molar-refractivity contribution in [2.24, 2.45) is 5.73 Å². The monoisotopic (exact) mass is 292 g/mol. The highest BCUT2D eigenvalue weighted by atomic mass is 32.2. The fourth-order valence-corrected chi connectivity index (χ4v) is 3.72. The summed E-state index contributed by atoms with van der Waals surface area (Å²) in [6.07, 6.45) is 2.35. The average Bonchev–Trinajstić information content (AvgIpc) is 2.89. The van der Waals surface area contributed by atoms with Gasteiger partial charge in [-0.25, -0.2) is 13.1 Å². The van der Waals surface area contributed by atoms with E-state index in [4.69, 9.17) is 5.73 Å². The highest BCUT2D eigenvalue weighted by Gasteiger charge is 2.28. The number of sulfonamides is 1. The second-order valence-corrected chi connectivity index (χ2v) is 6.58. The molecule has 20 heavy (non-hydrogen) atoms. The first-order chi connectivity index (χ1) is 9.62. The van der Waals surface area contributed by atoms with Crippen molar-refractivity contribution >= 4 is 10.0 Å². The molecule has 0 amide bonds. The molecule has 0 fully saturated rings. The molecule has 1 aliphatic rings. The lowest BCUT2D eigenvalue weighted by Crippen LogP contribution is -2.33. The first-order valence-corrected chi connectivity index (χ1v) is 7.90. The average molecular weight is 292 g/mol. The first kappa shape index (κ1) is 13.3. The third kappa shape index (κ3) is 2.24. The summed E-state index contributed by atoms with van der Waals surface area (Å²) in [5.74, 6) is 0.241. The minimum Gasteiger partial charge on any atom is -0.326 e. The van der Waals surface area contributed by atoms with Crippen LogP contribution in [0.25, 0.3) is 0 Å². The number of hydrogen-bond donors (Lipinski definition) is 3. The SMILES string of the molecule is NCc1cn[nH]c1S(=O)(=O)NCC1Cc2ccccc21. The van der Waals surface area contributed by atoms with Gasteiger partial charge < -0.3 is 5.73 Å². The summed E-state index contributed by atoms with van der Waals surface area (Å²) >= 11 is 0. The Kier molecular flexibility index (Phi) is 3.33. The molecule has 1 aromatic heterocycles. The van der Waals surface area contributed by atoms with Crippen molar-refractivity contribution in [3.8, 4) is 0 Å². The Morgan fingerprint density at radius 2 is 2.20 bits per heavy atom. The lowest BCUT2D eigenvalue weighted by atomic mass is 9.78. The molecule has 7 heteroatoms. The van der Waals surface area contributed by atoms with E-state index in [1.54, 1.807) is 0 Å².